The average Bonchev–Trinajstić information content (AvgIpc) is 3.20. The number of halogens is 3. The molecule has 0 bridgehead atoms. The highest BCUT2D eigenvalue weighted by Crippen LogP contribution is 2.39. The molecule has 4 rings (SSSR count). The van der Waals surface area contributed by atoms with Crippen LogP contribution < -0.4 is 0 Å². The van der Waals surface area contributed by atoms with Crippen LogP contribution in [0.2, 0.25) is 0 Å². The SMILES string of the molecule is CCn1nc(C(=O)N2CCC(c3ccccc3C(F)(F)F)CC2)c2c1CN(C(C)OC)CC2. The van der Waals surface area contributed by atoms with Gasteiger partial charge in [0.25, 0.3) is 5.91 Å². The maximum Gasteiger partial charge on any atom is 0.416 e. The average molecular weight is 465 g/mol. The molecule has 2 aliphatic rings. The number of ether oxygens (including phenoxy) is 1. The second-order valence-corrected chi connectivity index (χ2v) is 8.80. The summed E-state index contributed by atoms with van der Waals surface area (Å²) in [7, 11) is 1.68. The Labute approximate surface area is 192 Å². The van der Waals surface area contributed by atoms with Gasteiger partial charge in [0.1, 0.15) is 6.23 Å². The Balaban J connectivity index is 1.49. The van der Waals surface area contributed by atoms with E-state index in [0.29, 0.717) is 50.3 Å². The van der Waals surface area contributed by atoms with E-state index in [9.17, 15) is 18.0 Å². The number of fused-ring (bicyclic) bond motifs is 1. The maximum atomic E-state index is 13.4. The van der Waals surface area contributed by atoms with Gasteiger partial charge < -0.3 is 9.64 Å². The number of alkyl halides is 3. The summed E-state index contributed by atoms with van der Waals surface area (Å²) in [4.78, 5) is 17.3. The van der Waals surface area contributed by atoms with Gasteiger partial charge in [-0.1, -0.05) is 18.2 Å². The van der Waals surface area contributed by atoms with Crippen molar-refractivity contribution in [2.24, 2.45) is 0 Å². The summed E-state index contributed by atoms with van der Waals surface area (Å²) in [5, 5.41) is 4.64. The first-order valence-electron chi connectivity index (χ1n) is 11.5. The van der Waals surface area contributed by atoms with Crippen molar-refractivity contribution in [2.45, 2.75) is 64.5 Å². The number of hydrogen-bond donors (Lipinski definition) is 0. The number of hydrogen-bond acceptors (Lipinski definition) is 4. The molecule has 180 valence electrons. The van der Waals surface area contributed by atoms with E-state index in [4.69, 9.17) is 4.74 Å². The highest BCUT2D eigenvalue weighted by molar-refractivity contribution is 5.94. The number of carbonyl (C=O) groups is 1. The van der Waals surface area contributed by atoms with Crippen molar-refractivity contribution in [3.8, 4) is 0 Å². The van der Waals surface area contributed by atoms with Crippen LogP contribution in [0.5, 0.6) is 0 Å². The van der Waals surface area contributed by atoms with E-state index >= 15 is 0 Å². The lowest BCUT2D eigenvalue weighted by Gasteiger charge is -2.34. The molecule has 0 spiro atoms. The normalized spacial score (nSPS) is 18.9. The maximum absolute atomic E-state index is 13.4. The Bertz CT molecular complexity index is 996. The van der Waals surface area contributed by atoms with Gasteiger partial charge in [0.2, 0.25) is 0 Å². The molecule has 1 unspecified atom stereocenters. The Hall–Kier alpha value is -2.39. The molecule has 2 aliphatic heterocycles. The number of amides is 1. The fourth-order valence-electron chi connectivity index (χ4n) is 5.05. The molecule has 6 nitrogen and oxygen atoms in total. The zero-order valence-corrected chi connectivity index (χ0v) is 19.4. The van der Waals surface area contributed by atoms with Crippen LogP contribution >= 0.6 is 0 Å². The number of benzene rings is 1. The van der Waals surface area contributed by atoms with E-state index in [1.54, 1.807) is 24.1 Å². The highest BCUT2D eigenvalue weighted by atomic mass is 19.4. The van der Waals surface area contributed by atoms with E-state index in [1.165, 1.54) is 6.07 Å². The summed E-state index contributed by atoms with van der Waals surface area (Å²) in [6.45, 7) is 6.99. The number of aryl methyl sites for hydroxylation is 1. The number of methoxy groups -OCH3 is 1. The molecule has 2 aromatic rings. The van der Waals surface area contributed by atoms with E-state index in [1.807, 2.05) is 18.5 Å². The lowest BCUT2D eigenvalue weighted by molar-refractivity contribution is -0.138. The van der Waals surface area contributed by atoms with Gasteiger partial charge >= 0.3 is 6.18 Å². The van der Waals surface area contributed by atoms with Crippen LogP contribution in [0.3, 0.4) is 0 Å². The molecule has 1 aromatic carbocycles. The molecule has 1 atom stereocenters. The van der Waals surface area contributed by atoms with Crippen molar-refractivity contribution >= 4 is 5.91 Å². The molecule has 0 saturated carbocycles. The fourth-order valence-corrected chi connectivity index (χ4v) is 5.05. The molecule has 0 N–H and O–H groups in total. The van der Waals surface area contributed by atoms with Crippen molar-refractivity contribution in [3.63, 3.8) is 0 Å². The monoisotopic (exact) mass is 464 g/mol. The largest absolute Gasteiger partial charge is 0.416 e. The Morgan fingerprint density at radius 3 is 2.55 bits per heavy atom. The molecule has 0 aliphatic carbocycles. The third-order valence-electron chi connectivity index (χ3n) is 7.01. The van der Waals surface area contributed by atoms with Crippen LogP contribution in [0, 0.1) is 0 Å². The predicted molar refractivity (Wildman–Crippen MR) is 118 cm³/mol. The fraction of sp³-hybridized carbons (Fsp3) is 0.583. The van der Waals surface area contributed by atoms with Crippen molar-refractivity contribution in [1.82, 2.24) is 19.6 Å². The van der Waals surface area contributed by atoms with Crippen molar-refractivity contribution in [3.05, 3.63) is 52.3 Å². The summed E-state index contributed by atoms with van der Waals surface area (Å²) < 4.78 is 47.7. The van der Waals surface area contributed by atoms with Crippen LogP contribution in [0.4, 0.5) is 13.2 Å². The van der Waals surface area contributed by atoms with Crippen LogP contribution in [-0.2, 0) is 30.4 Å². The van der Waals surface area contributed by atoms with Crippen molar-refractivity contribution in [2.75, 3.05) is 26.7 Å². The van der Waals surface area contributed by atoms with Gasteiger partial charge in [-0.2, -0.15) is 18.3 Å². The quantitative estimate of drug-likeness (QED) is 0.663. The van der Waals surface area contributed by atoms with Crippen LogP contribution in [-0.4, -0.2) is 58.5 Å². The molecule has 3 heterocycles. The Morgan fingerprint density at radius 2 is 1.91 bits per heavy atom. The summed E-state index contributed by atoms with van der Waals surface area (Å²) >= 11 is 0. The lowest BCUT2D eigenvalue weighted by Crippen LogP contribution is -2.40. The molecular formula is C24H31F3N4O2. The van der Waals surface area contributed by atoms with Gasteiger partial charge in [0.05, 0.1) is 11.3 Å². The number of rotatable bonds is 5. The molecule has 1 saturated heterocycles. The van der Waals surface area contributed by atoms with E-state index < -0.39 is 11.7 Å². The standard InChI is InChI=1S/C24H31F3N4O2/c1-4-31-21-15-30(16(2)33-3)14-11-19(21)22(28-31)23(32)29-12-9-17(10-13-29)18-7-5-6-8-20(18)24(25,26)27/h5-8,16-17H,4,9-15H2,1-3H3. The molecule has 33 heavy (non-hydrogen) atoms. The topological polar surface area (TPSA) is 50.6 Å². The molecular weight excluding hydrogens is 433 g/mol. The molecule has 0 radical (unpaired) electrons. The molecule has 1 aromatic heterocycles. The number of likely N-dealkylation sites (tertiary alicyclic amines) is 1. The highest BCUT2D eigenvalue weighted by Gasteiger charge is 2.37. The minimum atomic E-state index is -4.37. The van der Waals surface area contributed by atoms with Crippen molar-refractivity contribution < 1.29 is 22.7 Å². The summed E-state index contributed by atoms with van der Waals surface area (Å²) in [6, 6.07) is 5.79. The Kier molecular flexibility index (Phi) is 6.81. The third-order valence-corrected chi connectivity index (χ3v) is 7.01. The number of carbonyl (C=O) groups excluding carboxylic acids is 1. The van der Waals surface area contributed by atoms with Gasteiger partial charge in [-0.05, 0) is 50.7 Å². The summed E-state index contributed by atoms with van der Waals surface area (Å²) in [5.74, 6) is -0.327. The molecule has 1 amide bonds. The zero-order chi connectivity index (χ0) is 23.8. The second kappa shape index (κ2) is 9.46. The smallest absolute Gasteiger partial charge is 0.367 e. The molecule has 1 fully saturated rings. The van der Waals surface area contributed by atoms with Crippen LogP contribution in [0.15, 0.2) is 24.3 Å². The molecule has 9 heteroatoms. The first-order chi connectivity index (χ1) is 15.7. The van der Waals surface area contributed by atoms with E-state index in [-0.39, 0.29) is 18.1 Å². The number of aromatic nitrogens is 2. The third kappa shape index (κ3) is 4.66. The van der Waals surface area contributed by atoms with Crippen LogP contribution in [0.1, 0.15) is 65.5 Å². The number of piperidine rings is 1. The van der Waals surface area contributed by atoms with Crippen molar-refractivity contribution in [1.29, 1.82) is 0 Å². The van der Waals surface area contributed by atoms with Gasteiger partial charge in [0, 0.05) is 45.4 Å². The summed E-state index contributed by atoms with van der Waals surface area (Å²) in [5.41, 5.74) is 2.29. The summed E-state index contributed by atoms with van der Waals surface area (Å²) in [6.07, 6.45) is -2.65. The number of nitrogens with zero attached hydrogens (tertiary/aromatic N) is 4. The Morgan fingerprint density at radius 1 is 1.21 bits per heavy atom. The van der Waals surface area contributed by atoms with E-state index in [2.05, 4.69) is 10.00 Å². The first kappa shape index (κ1) is 23.8. The van der Waals surface area contributed by atoms with Crippen LogP contribution in [0.25, 0.3) is 0 Å². The van der Waals surface area contributed by atoms with Gasteiger partial charge in [0.15, 0.2) is 5.69 Å². The van der Waals surface area contributed by atoms with Gasteiger partial charge in [-0.15, -0.1) is 0 Å². The first-order valence-corrected chi connectivity index (χ1v) is 11.5. The lowest BCUT2D eigenvalue weighted by atomic mass is 9.86. The van der Waals surface area contributed by atoms with Gasteiger partial charge in [-0.3, -0.25) is 14.4 Å². The van der Waals surface area contributed by atoms with E-state index in [0.717, 1.165) is 30.3 Å². The zero-order valence-electron chi connectivity index (χ0n) is 19.4. The second-order valence-electron chi connectivity index (χ2n) is 8.80. The minimum absolute atomic E-state index is 0.0175. The van der Waals surface area contributed by atoms with Gasteiger partial charge in [-0.25, -0.2) is 0 Å². The minimum Gasteiger partial charge on any atom is -0.367 e. The predicted octanol–water partition coefficient (Wildman–Crippen LogP) is 4.29.